The summed E-state index contributed by atoms with van der Waals surface area (Å²) in [6.07, 6.45) is 0. The summed E-state index contributed by atoms with van der Waals surface area (Å²) in [5.41, 5.74) is 7.97. The molecule has 3 N–H and O–H groups in total. The van der Waals surface area contributed by atoms with Gasteiger partial charge in [-0.3, -0.25) is 9.59 Å². The largest absolute Gasteiger partial charge is 0.455 e. The highest BCUT2D eigenvalue weighted by Gasteiger charge is 2.10. The average Bonchev–Trinajstić information content (AvgIpc) is 2.78. The molecule has 0 spiro atoms. The van der Waals surface area contributed by atoms with E-state index in [4.69, 9.17) is 10.2 Å². The van der Waals surface area contributed by atoms with Crippen molar-refractivity contribution in [2.45, 2.75) is 6.92 Å². The van der Waals surface area contributed by atoms with Crippen molar-refractivity contribution in [3.63, 3.8) is 0 Å². The van der Waals surface area contributed by atoms with Gasteiger partial charge in [-0.05, 0) is 31.2 Å². The number of halogens is 1. The molecule has 7 heteroatoms. The summed E-state index contributed by atoms with van der Waals surface area (Å²) >= 11 is 3.36. The van der Waals surface area contributed by atoms with E-state index in [9.17, 15) is 9.59 Å². The Balaban J connectivity index is 2.26. The van der Waals surface area contributed by atoms with Gasteiger partial charge in [0.1, 0.15) is 11.3 Å². The molecule has 1 aromatic carbocycles. The fourth-order valence-electron chi connectivity index (χ4n) is 1.44. The van der Waals surface area contributed by atoms with Crippen LogP contribution in [0.5, 0.6) is 0 Å². The lowest BCUT2D eigenvalue weighted by Crippen LogP contribution is -2.33. The van der Waals surface area contributed by atoms with Crippen LogP contribution in [0, 0.1) is 0 Å². The molecule has 2 amide bonds. The predicted octanol–water partition coefficient (Wildman–Crippen LogP) is 1.52. The second-order valence-corrected chi connectivity index (χ2v) is 4.71. The zero-order valence-electron chi connectivity index (χ0n) is 9.94. The molecule has 0 aliphatic carbocycles. The molecular formula is C12H10BrN3O3. The van der Waals surface area contributed by atoms with Gasteiger partial charge in [-0.1, -0.05) is 15.9 Å². The summed E-state index contributed by atoms with van der Waals surface area (Å²) in [6, 6.07) is 7.36. The minimum absolute atomic E-state index is 0.432. The number of hydrogen-bond acceptors (Lipinski definition) is 4. The molecule has 0 atom stereocenters. The summed E-state index contributed by atoms with van der Waals surface area (Å²) < 4.78 is 6.49. The molecule has 0 fully saturated rings. The van der Waals surface area contributed by atoms with Gasteiger partial charge in [0, 0.05) is 9.86 Å². The molecular weight excluding hydrogens is 314 g/mol. The Bertz CT molecular complexity index is 691. The predicted molar refractivity (Wildman–Crippen MR) is 73.5 cm³/mol. The Morgan fingerprint density at radius 1 is 1.37 bits per heavy atom. The maximum atomic E-state index is 11.0. The van der Waals surface area contributed by atoms with Crippen LogP contribution in [0.15, 0.2) is 38.3 Å². The van der Waals surface area contributed by atoms with Gasteiger partial charge in [-0.2, -0.15) is 5.10 Å². The standard InChI is InChI=1S/C12H10BrN3O3/c1-6(15-16-12(18)11(14)17)10-5-7-4-8(13)2-3-9(7)19-10/h2-5H,1H3,(H2,14,17)(H,16,18)/b15-6-. The lowest BCUT2D eigenvalue weighted by atomic mass is 10.2. The highest BCUT2D eigenvalue weighted by Crippen LogP contribution is 2.23. The van der Waals surface area contributed by atoms with Gasteiger partial charge in [0.15, 0.2) is 5.76 Å². The zero-order valence-corrected chi connectivity index (χ0v) is 11.5. The molecule has 2 aromatic rings. The van der Waals surface area contributed by atoms with E-state index < -0.39 is 11.8 Å². The van der Waals surface area contributed by atoms with E-state index in [-0.39, 0.29) is 0 Å². The van der Waals surface area contributed by atoms with E-state index in [1.807, 2.05) is 23.6 Å². The molecule has 19 heavy (non-hydrogen) atoms. The van der Waals surface area contributed by atoms with Crippen LogP contribution >= 0.6 is 15.9 Å². The van der Waals surface area contributed by atoms with Gasteiger partial charge >= 0.3 is 11.8 Å². The Hall–Kier alpha value is -2.15. The lowest BCUT2D eigenvalue weighted by molar-refractivity contribution is -0.137. The molecule has 0 saturated heterocycles. The number of carbonyl (C=O) groups excluding carboxylic acids is 2. The number of fused-ring (bicyclic) bond motifs is 1. The van der Waals surface area contributed by atoms with E-state index in [0.29, 0.717) is 17.1 Å². The zero-order chi connectivity index (χ0) is 14.0. The van der Waals surface area contributed by atoms with Crippen molar-refractivity contribution < 1.29 is 14.0 Å². The third-order valence-corrected chi connectivity index (χ3v) is 2.88. The maximum Gasteiger partial charge on any atom is 0.329 e. The number of hydrogen-bond donors (Lipinski definition) is 2. The number of carbonyl (C=O) groups is 2. The van der Waals surface area contributed by atoms with Gasteiger partial charge in [0.25, 0.3) is 0 Å². The van der Waals surface area contributed by atoms with Crippen molar-refractivity contribution >= 4 is 44.4 Å². The third kappa shape index (κ3) is 3.00. The third-order valence-electron chi connectivity index (χ3n) is 2.38. The summed E-state index contributed by atoms with van der Waals surface area (Å²) in [4.78, 5) is 21.5. The van der Waals surface area contributed by atoms with Crippen LogP contribution in [0.2, 0.25) is 0 Å². The van der Waals surface area contributed by atoms with Crippen molar-refractivity contribution in [3.8, 4) is 0 Å². The molecule has 0 aliphatic heterocycles. The SMILES string of the molecule is C/C(=N/NC(=O)C(N)=O)c1cc2cc(Br)ccc2o1. The van der Waals surface area contributed by atoms with Crippen molar-refractivity contribution in [1.29, 1.82) is 0 Å². The summed E-state index contributed by atoms with van der Waals surface area (Å²) in [7, 11) is 0. The molecule has 0 radical (unpaired) electrons. The fraction of sp³-hybridized carbons (Fsp3) is 0.0833. The smallest absolute Gasteiger partial charge is 0.329 e. The Morgan fingerprint density at radius 2 is 2.11 bits per heavy atom. The number of nitrogens with one attached hydrogen (secondary N) is 1. The number of rotatable bonds is 2. The quantitative estimate of drug-likeness (QED) is 0.498. The summed E-state index contributed by atoms with van der Waals surface area (Å²) in [6.45, 7) is 1.65. The van der Waals surface area contributed by atoms with E-state index in [2.05, 4.69) is 21.0 Å². The maximum absolute atomic E-state index is 11.0. The first-order valence-corrected chi connectivity index (χ1v) is 6.10. The lowest BCUT2D eigenvalue weighted by Gasteiger charge is -1.96. The molecule has 0 unspecified atom stereocenters. The van der Waals surface area contributed by atoms with Gasteiger partial charge < -0.3 is 10.2 Å². The van der Waals surface area contributed by atoms with E-state index in [1.165, 1.54) is 0 Å². The van der Waals surface area contributed by atoms with Crippen LogP contribution in [0.25, 0.3) is 11.0 Å². The number of primary amides is 1. The molecule has 6 nitrogen and oxygen atoms in total. The van der Waals surface area contributed by atoms with Crippen LogP contribution in [0.4, 0.5) is 0 Å². The van der Waals surface area contributed by atoms with Crippen LogP contribution < -0.4 is 11.2 Å². The summed E-state index contributed by atoms with van der Waals surface area (Å²) in [5.74, 6) is -1.57. The number of benzene rings is 1. The minimum atomic E-state index is -1.09. The fourth-order valence-corrected chi connectivity index (χ4v) is 1.82. The summed E-state index contributed by atoms with van der Waals surface area (Å²) in [5, 5.41) is 4.65. The monoisotopic (exact) mass is 323 g/mol. The normalized spacial score (nSPS) is 11.6. The first-order chi connectivity index (χ1) is 8.97. The second-order valence-electron chi connectivity index (χ2n) is 3.80. The van der Waals surface area contributed by atoms with Crippen molar-refractivity contribution in [3.05, 3.63) is 34.5 Å². The molecule has 2 rings (SSSR count). The van der Waals surface area contributed by atoms with Gasteiger partial charge in [0.2, 0.25) is 0 Å². The minimum Gasteiger partial charge on any atom is -0.455 e. The van der Waals surface area contributed by atoms with Crippen molar-refractivity contribution in [2.75, 3.05) is 0 Å². The molecule has 1 aromatic heterocycles. The van der Waals surface area contributed by atoms with E-state index in [0.717, 1.165) is 9.86 Å². The number of hydrazone groups is 1. The van der Waals surface area contributed by atoms with Crippen LogP contribution in [0.1, 0.15) is 12.7 Å². The topological polar surface area (TPSA) is 97.7 Å². The van der Waals surface area contributed by atoms with Crippen molar-refractivity contribution in [2.24, 2.45) is 10.8 Å². The Morgan fingerprint density at radius 3 is 2.79 bits per heavy atom. The van der Waals surface area contributed by atoms with Gasteiger partial charge in [0.05, 0.1) is 0 Å². The van der Waals surface area contributed by atoms with E-state index >= 15 is 0 Å². The highest BCUT2D eigenvalue weighted by atomic mass is 79.9. The van der Waals surface area contributed by atoms with Crippen LogP contribution in [-0.4, -0.2) is 17.5 Å². The Labute approximate surface area is 116 Å². The van der Waals surface area contributed by atoms with E-state index in [1.54, 1.807) is 13.0 Å². The van der Waals surface area contributed by atoms with Gasteiger partial charge in [-0.25, -0.2) is 5.43 Å². The average molecular weight is 324 g/mol. The molecule has 1 heterocycles. The number of amides is 2. The number of furan rings is 1. The highest BCUT2D eigenvalue weighted by molar-refractivity contribution is 9.10. The number of nitrogens with zero attached hydrogens (tertiary/aromatic N) is 1. The first kappa shape index (κ1) is 13.3. The molecule has 0 saturated carbocycles. The molecule has 98 valence electrons. The van der Waals surface area contributed by atoms with Crippen LogP contribution in [0.3, 0.4) is 0 Å². The molecule has 0 bridgehead atoms. The van der Waals surface area contributed by atoms with Crippen LogP contribution in [-0.2, 0) is 9.59 Å². The first-order valence-electron chi connectivity index (χ1n) is 5.31. The van der Waals surface area contributed by atoms with Crippen molar-refractivity contribution in [1.82, 2.24) is 5.43 Å². The second kappa shape index (κ2) is 5.23. The van der Waals surface area contributed by atoms with Gasteiger partial charge in [-0.15, -0.1) is 0 Å². The number of nitrogens with two attached hydrogens (primary N) is 1. The Kier molecular flexibility index (Phi) is 3.66. The molecule has 0 aliphatic rings.